The Balaban J connectivity index is 1.93. The molecule has 1 amide bonds. The number of carbonyl (C=O) groups excluding carboxylic acids is 1. The number of para-hydroxylation sites is 1. The molecule has 0 aliphatic heterocycles. The summed E-state index contributed by atoms with van der Waals surface area (Å²) in [6, 6.07) is 19.7. The third-order valence-corrected chi connectivity index (χ3v) is 3.87. The highest BCUT2D eigenvalue weighted by molar-refractivity contribution is 7.11. The zero-order valence-electron chi connectivity index (χ0n) is 11.3. The normalized spacial score (nSPS) is 10.3. The van der Waals surface area contributed by atoms with Crippen molar-refractivity contribution in [3.8, 4) is 0 Å². The summed E-state index contributed by atoms with van der Waals surface area (Å²) in [6.45, 7) is 0.531. The lowest BCUT2D eigenvalue weighted by Crippen LogP contribution is -2.30. The summed E-state index contributed by atoms with van der Waals surface area (Å²) in [5.74, 6) is -0.0694. The number of hydrogen-bond donors (Lipinski definition) is 0. The molecule has 0 aliphatic carbocycles. The van der Waals surface area contributed by atoms with Crippen molar-refractivity contribution < 1.29 is 4.79 Å². The Bertz CT molecular complexity index is 696. The first-order valence-electron chi connectivity index (χ1n) is 6.65. The fourth-order valence-electron chi connectivity index (χ4n) is 2.10. The maximum Gasteiger partial charge on any atom is 0.287 e. The molecular formula is C17H14N2OS. The second-order valence-electron chi connectivity index (χ2n) is 4.55. The number of aromatic nitrogens is 1. The van der Waals surface area contributed by atoms with Crippen LogP contribution >= 0.6 is 11.3 Å². The zero-order chi connectivity index (χ0) is 14.5. The molecular weight excluding hydrogens is 280 g/mol. The van der Waals surface area contributed by atoms with Gasteiger partial charge >= 0.3 is 0 Å². The topological polar surface area (TPSA) is 33.2 Å². The standard InChI is InChI=1S/C17H14N2OS/c20-17(16-18-11-12-21-16)19(15-9-5-2-6-10-15)13-14-7-3-1-4-8-14/h1-12H,13H2. The summed E-state index contributed by atoms with van der Waals surface area (Å²) in [6.07, 6.45) is 1.66. The van der Waals surface area contributed by atoms with Crippen LogP contribution in [0.2, 0.25) is 0 Å². The van der Waals surface area contributed by atoms with Crippen molar-refractivity contribution in [1.29, 1.82) is 0 Å². The van der Waals surface area contributed by atoms with Crippen molar-refractivity contribution in [2.24, 2.45) is 0 Å². The van der Waals surface area contributed by atoms with Crippen molar-refractivity contribution in [1.82, 2.24) is 4.98 Å². The molecule has 1 heterocycles. The van der Waals surface area contributed by atoms with E-state index in [2.05, 4.69) is 4.98 Å². The highest BCUT2D eigenvalue weighted by atomic mass is 32.1. The SMILES string of the molecule is O=C(c1nccs1)N(Cc1ccccc1)c1ccccc1. The predicted molar refractivity (Wildman–Crippen MR) is 85.5 cm³/mol. The van der Waals surface area contributed by atoms with Crippen LogP contribution in [-0.4, -0.2) is 10.9 Å². The fraction of sp³-hybridized carbons (Fsp3) is 0.0588. The zero-order valence-corrected chi connectivity index (χ0v) is 12.2. The average molecular weight is 294 g/mol. The number of amides is 1. The van der Waals surface area contributed by atoms with Gasteiger partial charge in [-0.3, -0.25) is 4.79 Å². The highest BCUT2D eigenvalue weighted by Gasteiger charge is 2.19. The lowest BCUT2D eigenvalue weighted by atomic mass is 10.2. The Morgan fingerprint density at radius 2 is 1.67 bits per heavy atom. The van der Waals surface area contributed by atoms with Gasteiger partial charge in [-0.25, -0.2) is 4.98 Å². The van der Waals surface area contributed by atoms with Crippen molar-refractivity contribution >= 4 is 22.9 Å². The molecule has 104 valence electrons. The van der Waals surface area contributed by atoms with Crippen LogP contribution in [0.3, 0.4) is 0 Å². The van der Waals surface area contributed by atoms with Gasteiger partial charge in [0.25, 0.3) is 5.91 Å². The van der Waals surface area contributed by atoms with E-state index in [0.717, 1.165) is 11.3 Å². The van der Waals surface area contributed by atoms with Gasteiger partial charge in [-0.2, -0.15) is 0 Å². The number of benzene rings is 2. The molecule has 3 aromatic rings. The highest BCUT2D eigenvalue weighted by Crippen LogP contribution is 2.20. The van der Waals surface area contributed by atoms with Crippen molar-refractivity contribution in [3.63, 3.8) is 0 Å². The van der Waals surface area contributed by atoms with E-state index in [1.165, 1.54) is 11.3 Å². The Labute approximate surface area is 127 Å². The average Bonchev–Trinajstić information content (AvgIpc) is 3.08. The van der Waals surface area contributed by atoms with Gasteiger partial charge in [0, 0.05) is 17.3 Å². The van der Waals surface area contributed by atoms with Crippen molar-refractivity contribution in [3.05, 3.63) is 82.8 Å². The van der Waals surface area contributed by atoms with Crippen LogP contribution in [0.1, 0.15) is 15.4 Å². The van der Waals surface area contributed by atoms with Crippen LogP contribution in [0, 0.1) is 0 Å². The molecule has 0 fully saturated rings. The first-order chi connectivity index (χ1) is 10.3. The molecule has 0 N–H and O–H groups in total. The summed E-state index contributed by atoms with van der Waals surface area (Å²) in [5.41, 5.74) is 1.97. The summed E-state index contributed by atoms with van der Waals surface area (Å²) < 4.78 is 0. The largest absolute Gasteiger partial charge is 0.302 e. The van der Waals surface area contributed by atoms with E-state index < -0.39 is 0 Å². The molecule has 0 radical (unpaired) electrons. The molecule has 0 saturated carbocycles. The number of rotatable bonds is 4. The van der Waals surface area contributed by atoms with Gasteiger partial charge in [0.1, 0.15) is 0 Å². The van der Waals surface area contributed by atoms with Gasteiger partial charge in [-0.15, -0.1) is 11.3 Å². The molecule has 0 bridgehead atoms. The summed E-state index contributed by atoms with van der Waals surface area (Å²) >= 11 is 1.36. The monoisotopic (exact) mass is 294 g/mol. The fourth-order valence-corrected chi connectivity index (χ4v) is 2.68. The van der Waals surface area contributed by atoms with Crippen LogP contribution in [0.25, 0.3) is 0 Å². The van der Waals surface area contributed by atoms with Crippen LogP contribution in [0.5, 0.6) is 0 Å². The van der Waals surface area contributed by atoms with Gasteiger partial charge in [0.05, 0.1) is 6.54 Å². The Hall–Kier alpha value is -2.46. The van der Waals surface area contributed by atoms with Gasteiger partial charge in [-0.05, 0) is 17.7 Å². The third-order valence-electron chi connectivity index (χ3n) is 3.11. The maximum atomic E-state index is 12.7. The number of anilines is 1. The molecule has 0 spiro atoms. The lowest BCUT2D eigenvalue weighted by molar-refractivity contribution is 0.0985. The van der Waals surface area contributed by atoms with Gasteiger partial charge in [0.2, 0.25) is 0 Å². The Kier molecular flexibility index (Phi) is 4.07. The summed E-state index contributed by atoms with van der Waals surface area (Å²) in [7, 11) is 0. The molecule has 2 aromatic carbocycles. The van der Waals surface area contributed by atoms with E-state index in [1.54, 1.807) is 11.1 Å². The molecule has 0 unspecified atom stereocenters. The van der Waals surface area contributed by atoms with Crippen LogP contribution in [0.4, 0.5) is 5.69 Å². The lowest BCUT2D eigenvalue weighted by Gasteiger charge is -2.22. The van der Waals surface area contributed by atoms with E-state index in [4.69, 9.17) is 0 Å². The molecule has 0 atom stereocenters. The first-order valence-corrected chi connectivity index (χ1v) is 7.53. The predicted octanol–water partition coefficient (Wildman–Crippen LogP) is 3.99. The molecule has 0 aliphatic rings. The minimum Gasteiger partial charge on any atom is -0.302 e. The van der Waals surface area contributed by atoms with Crippen molar-refractivity contribution in [2.45, 2.75) is 6.54 Å². The summed E-state index contributed by atoms with van der Waals surface area (Å²) in [4.78, 5) is 18.6. The quantitative estimate of drug-likeness (QED) is 0.729. The molecule has 3 nitrogen and oxygen atoms in total. The van der Waals surface area contributed by atoms with Gasteiger partial charge in [0.15, 0.2) is 5.01 Å². The number of hydrogen-bond acceptors (Lipinski definition) is 3. The Morgan fingerprint density at radius 1 is 1.00 bits per heavy atom. The van der Waals surface area contributed by atoms with E-state index >= 15 is 0 Å². The molecule has 1 aromatic heterocycles. The number of carbonyl (C=O) groups is 1. The first kappa shape index (κ1) is 13.5. The summed E-state index contributed by atoms with van der Waals surface area (Å²) in [5, 5.41) is 2.33. The molecule has 3 rings (SSSR count). The molecule has 4 heteroatoms. The number of thiazole rings is 1. The second-order valence-corrected chi connectivity index (χ2v) is 5.44. The van der Waals surface area contributed by atoms with E-state index in [-0.39, 0.29) is 5.91 Å². The third kappa shape index (κ3) is 3.17. The van der Waals surface area contributed by atoms with E-state index in [9.17, 15) is 4.79 Å². The van der Waals surface area contributed by atoms with Crippen LogP contribution in [-0.2, 0) is 6.54 Å². The minimum absolute atomic E-state index is 0.0694. The van der Waals surface area contributed by atoms with Gasteiger partial charge in [-0.1, -0.05) is 48.5 Å². The minimum atomic E-state index is -0.0694. The molecule has 21 heavy (non-hydrogen) atoms. The van der Waals surface area contributed by atoms with Gasteiger partial charge < -0.3 is 4.90 Å². The van der Waals surface area contributed by atoms with E-state index in [0.29, 0.717) is 11.6 Å². The van der Waals surface area contributed by atoms with Crippen molar-refractivity contribution in [2.75, 3.05) is 4.90 Å². The van der Waals surface area contributed by atoms with E-state index in [1.807, 2.05) is 66.0 Å². The maximum absolute atomic E-state index is 12.7. The second kappa shape index (κ2) is 6.33. The Morgan fingerprint density at radius 3 is 2.29 bits per heavy atom. The molecule has 0 saturated heterocycles. The van der Waals surface area contributed by atoms with Crippen LogP contribution in [0.15, 0.2) is 72.2 Å². The van der Waals surface area contributed by atoms with Crippen LogP contribution < -0.4 is 4.90 Å². The number of nitrogens with zero attached hydrogens (tertiary/aromatic N) is 2. The smallest absolute Gasteiger partial charge is 0.287 e.